The van der Waals surface area contributed by atoms with E-state index < -0.39 is 6.10 Å². The zero-order valence-electron chi connectivity index (χ0n) is 16.7. The molecule has 0 saturated carbocycles. The normalized spacial score (nSPS) is 21.7. The first-order chi connectivity index (χ1) is 14.7. The molecule has 1 fully saturated rings. The fourth-order valence-corrected chi connectivity index (χ4v) is 4.30. The Morgan fingerprint density at radius 3 is 2.47 bits per heavy atom. The average molecular weight is 408 g/mol. The monoisotopic (exact) mass is 408 g/mol. The Bertz CT molecular complexity index is 954. The van der Waals surface area contributed by atoms with E-state index in [0.717, 1.165) is 31.5 Å². The highest BCUT2D eigenvalue weighted by molar-refractivity contribution is 5.86. The molecule has 2 aromatic carbocycles. The van der Waals surface area contributed by atoms with Gasteiger partial charge in [0.05, 0.1) is 13.1 Å². The smallest absolute Gasteiger partial charge is 0.415 e. The second kappa shape index (κ2) is 7.99. The van der Waals surface area contributed by atoms with Crippen molar-refractivity contribution in [1.29, 1.82) is 0 Å². The Kier molecular flexibility index (Phi) is 5.04. The molecular weight excluding hydrogens is 384 g/mol. The molecule has 0 aromatic heterocycles. The zero-order chi connectivity index (χ0) is 20.5. The summed E-state index contributed by atoms with van der Waals surface area (Å²) in [5.41, 5.74) is 1.03. The summed E-state index contributed by atoms with van der Waals surface area (Å²) in [6, 6.07) is 15.2. The number of ether oxygens (including phenoxy) is 3. The predicted molar refractivity (Wildman–Crippen MR) is 109 cm³/mol. The molecule has 156 valence electrons. The molecule has 1 atom stereocenters. The topological polar surface area (TPSA) is 68.3 Å². The minimum Gasteiger partial charge on any atom is -0.485 e. The number of rotatable bonds is 4. The Morgan fingerprint density at radius 1 is 0.967 bits per heavy atom. The van der Waals surface area contributed by atoms with Crippen molar-refractivity contribution in [1.82, 2.24) is 9.80 Å². The fourth-order valence-electron chi connectivity index (χ4n) is 4.30. The number of hydrogen-bond acceptors (Lipinski definition) is 6. The van der Waals surface area contributed by atoms with Gasteiger partial charge in [-0.05, 0) is 31.0 Å². The van der Waals surface area contributed by atoms with Gasteiger partial charge in [-0.1, -0.05) is 30.3 Å². The van der Waals surface area contributed by atoms with Crippen molar-refractivity contribution < 1.29 is 23.8 Å². The molecule has 3 aliphatic rings. The number of amides is 1. The van der Waals surface area contributed by atoms with E-state index >= 15 is 0 Å². The van der Waals surface area contributed by atoms with E-state index in [0.29, 0.717) is 30.3 Å². The molecule has 0 bridgehead atoms. The summed E-state index contributed by atoms with van der Waals surface area (Å²) < 4.78 is 17.0. The number of hydrogen-bond donors (Lipinski definition) is 0. The van der Waals surface area contributed by atoms with Crippen LogP contribution in [-0.2, 0) is 11.3 Å². The van der Waals surface area contributed by atoms with E-state index in [2.05, 4.69) is 4.90 Å². The molecule has 7 nitrogen and oxygen atoms in total. The molecule has 1 saturated heterocycles. The third-order valence-corrected chi connectivity index (χ3v) is 5.99. The van der Waals surface area contributed by atoms with Crippen molar-refractivity contribution in [3.63, 3.8) is 0 Å². The number of nitrogens with zero attached hydrogens (tertiary/aromatic N) is 2. The number of benzene rings is 2. The van der Waals surface area contributed by atoms with Gasteiger partial charge in [0.15, 0.2) is 23.4 Å². The maximum absolute atomic E-state index is 12.7. The number of Topliss-reactive ketones (excluding diaryl/α,β-unsaturated/α-hetero) is 1. The summed E-state index contributed by atoms with van der Waals surface area (Å²) >= 11 is 0. The Hall–Kier alpha value is -3.06. The molecule has 2 aromatic rings. The van der Waals surface area contributed by atoms with E-state index in [9.17, 15) is 9.59 Å². The average Bonchev–Trinajstić information content (AvgIpc) is 2.79. The summed E-state index contributed by atoms with van der Waals surface area (Å²) in [6.45, 7) is 2.66. The Labute approximate surface area is 175 Å². The number of piperidine rings is 1. The standard InChI is InChI=1S/C23H24N2O5/c26-18(22-15-28-20-7-3-4-8-21(20)29-22)14-24-11-9-17(10-12-24)25-13-16-5-1-2-6-19(16)30-23(25)27/h1-8,17,22H,9-15H2. The molecule has 0 radical (unpaired) electrons. The first-order valence-corrected chi connectivity index (χ1v) is 10.4. The molecule has 1 amide bonds. The largest absolute Gasteiger partial charge is 0.485 e. The van der Waals surface area contributed by atoms with Crippen molar-refractivity contribution in [2.24, 2.45) is 0 Å². The van der Waals surface area contributed by atoms with Crippen LogP contribution < -0.4 is 14.2 Å². The third kappa shape index (κ3) is 3.73. The molecule has 1 unspecified atom stereocenters. The summed E-state index contributed by atoms with van der Waals surface area (Å²) in [6.07, 6.45) is 0.769. The van der Waals surface area contributed by atoms with Gasteiger partial charge in [-0.25, -0.2) is 4.79 Å². The molecule has 0 N–H and O–H groups in total. The molecule has 30 heavy (non-hydrogen) atoms. The summed E-state index contributed by atoms with van der Waals surface area (Å²) in [4.78, 5) is 29.1. The van der Waals surface area contributed by atoms with Crippen LogP contribution in [0, 0.1) is 0 Å². The third-order valence-electron chi connectivity index (χ3n) is 5.99. The van der Waals surface area contributed by atoms with Gasteiger partial charge in [-0.2, -0.15) is 0 Å². The highest BCUT2D eigenvalue weighted by atomic mass is 16.6. The number of para-hydroxylation sites is 3. The van der Waals surface area contributed by atoms with E-state index in [4.69, 9.17) is 14.2 Å². The van der Waals surface area contributed by atoms with Gasteiger partial charge >= 0.3 is 6.09 Å². The van der Waals surface area contributed by atoms with Gasteiger partial charge < -0.3 is 19.1 Å². The first kappa shape index (κ1) is 18.9. The number of ketones is 1. The maximum atomic E-state index is 12.7. The molecule has 0 spiro atoms. The highest BCUT2D eigenvalue weighted by Crippen LogP contribution is 2.32. The van der Waals surface area contributed by atoms with Crippen LogP contribution in [0.4, 0.5) is 4.79 Å². The fraction of sp³-hybridized carbons (Fsp3) is 0.391. The Morgan fingerprint density at radius 2 is 1.67 bits per heavy atom. The van der Waals surface area contributed by atoms with E-state index in [1.165, 1.54) is 0 Å². The second-order valence-corrected chi connectivity index (χ2v) is 7.94. The SMILES string of the molecule is O=C(CN1CCC(N2Cc3ccccc3OC2=O)CC1)C1COc2ccccc2O1. The van der Waals surface area contributed by atoms with Gasteiger partial charge in [0.1, 0.15) is 12.4 Å². The minimum atomic E-state index is -0.578. The summed E-state index contributed by atoms with van der Waals surface area (Å²) in [7, 11) is 0. The lowest BCUT2D eigenvalue weighted by Crippen LogP contribution is -2.51. The highest BCUT2D eigenvalue weighted by Gasteiger charge is 2.34. The predicted octanol–water partition coefficient (Wildman–Crippen LogP) is 2.87. The van der Waals surface area contributed by atoms with Crippen molar-refractivity contribution >= 4 is 11.9 Å². The van der Waals surface area contributed by atoms with Crippen molar-refractivity contribution in [2.45, 2.75) is 31.5 Å². The van der Waals surface area contributed by atoms with E-state index in [1.54, 1.807) is 0 Å². The number of fused-ring (bicyclic) bond motifs is 2. The van der Waals surface area contributed by atoms with Crippen LogP contribution in [0.3, 0.4) is 0 Å². The second-order valence-electron chi connectivity index (χ2n) is 7.94. The van der Waals surface area contributed by atoms with Crippen molar-refractivity contribution in [3.05, 3.63) is 54.1 Å². The van der Waals surface area contributed by atoms with Gasteiger partial charge in [0.2, 0.25) is 0 Å². The Balaban J connectivity index is 1.14. The lowest BCUT2D eigenvalue weighted by molar-refractivity contribution is -0.129. The molecule has 5 rings (SSSR count). The van der Waals surface area contributed by atoms with Gasteiger partial charge in [0.25, 0.3) is 0 Å². The lowest BCUT2D eigenvalue weighted by Gasteiger charge is -2.39. The number of carbonyl (C=O) groups is 2. The van der Waals surface area contributed by atoms with Crippen LogP contribution in [-0.4, -0.2) is 60.1 Å². The maximum Gasteiger partial charge on any atom is 0.415 e. The van der Waals surface area contributed by atoms with Crippen LogP contribution in [0.5, 0.6) is 17.2 Å². The van der Waals surface area contributed by atoms with Gasteiger partial charge in [-0.3, -0.25) is 9.69 Å². The van der Waals surface area contributed by atoms with Crippen LogP contribution in [0.15, 0.2) is 48.5 Å². The number of carbonyl (C=O) groups excluding carboxylic acids is 2. The van der Waals surface area contributed by atoms with Crippen LogP contribution in [0.25, 0.3) is 0 Å². The van der Waals surface area contributed by atoms with Gasteiger partial charge in [0, 0.05) is 24.7 Å². The van der Waals surface area contributed by atoms with Crippen LogP contribution in [0.2, 0.25) is 0 Å². The molecule has 7 heteroatoms. The first-order valence-electron chi connectivity index (χ1n) is 10.4. The molecular formula is C23H24N2O5. The summed E-state index contributed by atoms with van der Waals surface area (Å²) in [5.74, 6) is 1.97. The van der Waals surface area contributed by atoms with Crippen molar-refractivity contribution in [2.75, 3.05) is 26.2 Å². The van der Waals surface area contributed by atoms with Gasteiger partial charge in [-0.15, -0.1) is 0 Å². The zero-order valence-corrected chi connectivity index (χ0v) is 16.7. The van der Waals surface area contributed by atoms with E-state index in [-0.39, 0.29) is 24.5 Å². The molecule has 0 aliphatic carbocycles. The van der Waals surface area contributed by atoms with Crippen molar-refractivity contribution in [3.8, 4) is 17.2 Å². The summed E-state index contributed by atoms with van der Waals surface area (Å²) in [5, 5.41) is 0. The minimum absolute atomic E-state index is 0.0225. The lowest BCUT2D eigenvalue weighted by atomic mass is 10.0. The molecule has 3 aliphatic heterocycles. The molecule has 3 heterocycles. The van der Waals surface area contributed by atoms with E-state index in [1.807, 2.05) is 53.4 Å². The van der Waals surface area contributed by atoms with Crippen LogP contribution in [0.1, 0.15) is 18.4 Å². The quantitative estimate of drug-likeness (QED) is 0.775. The van der Waals surface area contributed by atoms with Crippen LogP contribution >= 0.6 is 0 Å². The number of likely N-dealkylation sites (tertiary alicyclic amines) is 1.